The molecule has 0 heterocycles. The molecule has 3 rings (SSSR count). The van der Waals surface area contributed by atoms with Gasteiger partial charge >= 0.3 is 11.9 Å². The van der Waals surface area contributed by atoms with E-state index in [1.165, 1.54) is 48.6 Å². The number of rotatable bonds is 12. The Morgan fingerprint density at radius 2 is 1.13 bits per heavy atom. The fourth-order valence-electron chi connectivity index (χ4n) is 3.79. The molecule has 0 spiro atoms. The van der Waals surface area contributed by atoms with Crippen molar-refractivity contribution in [3.8, 4) is 0 Å². The summed E-state index contributed by atoms with van der Waals surface area (Å²) in [6.07, 6.45) is 5.69. The summed E-state index contributed by atoms with van der Waals surface area (Å²) in [5, 5.41) is 21.3. The molecule has 0 aliphatic rings. The lowest BCUT2D eigenvalue weighted by molar-refractivity contribution is -0.128. The third kappa shape index (κ3) is 7.48. The Labute approximate surface area is 220 Å². The van der Waals surface area contributed by atoms with Gasteiger partial charge in [0.05, 0.1) is 17.2 Å². The van der Waals surface area contributed by atoms with E-state index in [1.54, 1.807) is 31.2 Å². The molecule has 0 aliphatic carbocycles. The molecule has 0 aliphatic heterocycles. The van der Waals surface area contributed by atoms with Gasteiger partial charge in [-0.3, -0.25) is 9.59 Å². The number of aromatic carboxylic acids is 2. The van der Waals surface area contributed by atoms with Crippen LogP contribution in [0.1, 0.15) is 50.4 Å². The highest BCUT2D eigenvalue weighted by molar-refractivity contribution is 6.14. The average molecular weight is 510 g/mol. The highest BCUT2D eigenvalue weighted by atomic mass is 16.4. The molecule has 0 amide bonds. The van der Waals surface area contributed by atoms with E-state index in [9.17, 15) is 19.2 Å². The van der Waals surface area contributed by atoms with Gasteiger partial charge in [0.25, 0.3) is 0 Å². The maximum atomic E-state index is 13.5. The van der Waals surface area contributed by atoms with Gasteiger partial charge in [-0.05, 0) is 60.0 Å². The Kier molecular flexibility index (Phi) is 9.26. The molecule has 0 saturated heterocycles. The van der Waals surface area contributed by atoms with Crippen LogP contribution < -0.4 is 5.32 Å². The Bertz CT molecular complexity index is 1310. The van der Waals surface area contributed by atoms with Crippen molar-refractivity contribution in [3.63, 3.8) is 0 Å². The van der Waals surface area contributed by atoms with Crippen LogP contribution >= 0.6 is 0 Å². The maximum absolute atomic E-state index is 13.5. The molecular formula is C31H27NO6. The van der Waals surface area contributed by atoms with Gasteiger partial charge in [0.1, 0.15) is 5.92 Å². The molecule has 1 atom stereocenters. The molecule has 192 valence electrons. The Morgan fingerprint density at radius 1 is 0.711 bits per heavy atom. The maximum Gasteiger partial charge on any atom is 0.335 e. The molecular weight excluding hydrogens is 482 g/mol. The number of benzene rings is 3. The normalized spacial score (nSPS) is 11.9. The van der Waals surface area contributed by atoms with E-state index in [2.05, 4.69) is 11.9 Å². The minimum Gasteiger partial charge on any atom is -0.478 e. The zero-order chi connectivity index (χ0) is 27.7. The van der Waals surface area contributed by atoms with Gasteiger partial charge in [0, 0.05) is 5.70 Å². The van der Waals surface area contributed by atoms with Crippen LogP contribution in [0.2, 0.25) is 0 Å². The van der Waals surface area contributed by atoms with Crippen molar-refractivity contribution in [2.24, 2.45) is 5.92 Å². The van der Waals surface area contributed by atoms with Crippen LogP contribution in [0.15, 0.2) is 103 Å². The summed E-state index contributed by atoms with van der Waals surface area (Å²) in [6.45, 7) is 5.63. The first kappa shape index (κ1) is 27.5. The zero-order valence-electron chi connectivity index (χ0n) is 20.7. The first-order valence-electron chi connectivity index (χ1n) is 11.7. The van der Waals surface area contributed by atoms with Crippen molar-refractivity contribution < 1.29 is 29.4 Å². The Morgan fingerprint density at radius 3 is 1.50 bits per heavy atom. The fourth-order valence-corrected chi connectivity index (χ4v) is 3.79. The molecule has 7 nitrogen and oxygen atoms in total. The standard InChI is InChI=1S/C31H27NO6/c1-20(2)32-29(23-6-4-3-5-7-23)28(26(33)18-12-21-8-14-24(15-9-21)30(35)36)27(34)19-13-22-10-16-25(17-11-22)31(37)38/h3-19,28-29,32H,1H2,2H3,(H,35,36)(H,37,38)/b18-12+,19-13+. The van der Waals surface area contributed by atoms with Gasteiger partial charge in [-0.25, -0.2) is 9.59 Å². The predicted molar refractivity (Wildman–Crippen MR) is 146 cm³/mol. The molecule has 7 heteroatoms. The van der Waals surface area contributed by atoms with Gasteiger partial charge in [-0.2, -0.15) is 0 Å². The SMILES string of the molecule is C=C(C)NC(c1ccccc1)C(C(=O)/C=C/c1ccc(C(=O)O)cc1)C(=O)/C=C/c1ccc(C(=O)O)cc1. The summed E-state index contributed by atoms with van der Waals surface area (Å²) in [4.78, 5) is 49.2. The van der Waals surface area contributed by atoms with Crippen LogP contribution in [0, 0.1) is 5.92 Å². The smallest absolute Gasteiger partial charge is 0.335 e. The van der Waals surface area contributed by atoms with Crippen molar-refractivity contribution >= 4 is 35.7 Å². The van der Waals surface area contributed by atoms with Gasteiger partial charge in [-0.15, -0.1) is 0 Å². The van der Waals surface area contributed by atoms with E-state index in [-0.39, 0.29) is 11.1 Å². The van der Waals surface area contributed by atoms with Gasteiger partial charge in [-0.1, -0.05) is 73.3 Å². The third-order valence-corrected chi connectivity index (χ3v) is 5.70. The molecule has 3 N–H and O–H groups in total. The van der Waals surface area contributed by atoms with Crippen molar-refractivity contribution in [2.75, 3.05) is 0 Å². The lowest BCUT2D eigenvalue weighted by Crippen LogP contribution is -2.36. The largest absolute Gasteiger partial charge is 0.478 e. The van der Waals surface area contributed by atoms with Crippen LogP contribution in [0.5, 0.6) is 0 Å². The van der Waals surface area contributed by atoms with E-state index in [0.29, 0.717) is 16.8 Å². The number of hydrogen-bond acceptors (Lipinski definition) is 5. The molecule has 0 bridgehead atoms. The molecule has 1 unspecified atom stereocenters. The summed E-state index contributed by atoms with van der Waals surface area (Å²) < 4.78 is 0. The second-order valence-corrected chi connectivity index (χ2v) is 8.62. The van der Waals surface area contributed by atoms with E-state index >= 15 is 0 Å². The van der Waals surface area contributed by atoms with Crippen molar-refractivity contribution in [1.29, 1.82) is 0 Å². The van der Waals surface area contributed by atoms with Crippen molar-refractivity contribution in [2.45, 2.75) is 13.0 Å². The van der Waals surface area contributed by atoms with Crippen LogP contribution in [-0.2, 0) is 9.59 Å². The Hall–Kier alpha value is -5.04. The quantitative estimate of drug-likeness (QED) is 0.220. The van der Waals surface area contributed by atoms with Gasteiger partial charge in [0.15, 0.2) is 11.6 Å². The molecule has 0 saturated carbocycles. The highest BCUT2D eigenvalue weighted by Gasteiger charge is 2.33. The topological polar surface area (TPSA) is 121 Å². The fraction of sp³-hybridized carbons (Fsp3) is 0.0968. The van der Waals surface area contributed by atoms with Crippen molar-refractivity contribution in [1.82, 2.24) is 5.32 Å². The third-order valence-electron chi connectivity index (χ3n) is 5.70. The number of carbonyl (C=O) groups is 4. The minimum absolute atomic E-state index is 0.123. The lowest BCUT2D eigenvalue weighted by Gasteiger charge is -2.26. The Balaban J connectivity index is 1.95. The first-order valence-corrected chi connectivity index (χ1v) is 11.7. The predicted octanol–water partition coefficient (Wildman–Crippen LogP) is 5.43. The summed E-state index contributed by atoms with van der Waals surface area (Å²) in [6, 6.07) is 20.4. The lowest BCUT2D eigenvalue weighted by atomic mass is 9.85. The van der Waals surface area contributed by atoms with E-state index < -0.39 is 35.5 Å². The average Bonchev–Trinajstić information content (AvgIpc) is 2.91. The first-order chi connectivity index (χ1) is 18.2. The molecule has 0 fully saturated rings. The molecule has 38 heavy (non-hydrogen) atoms. The second-order valence-electron chi connectivity index (χ2n) is 8.62. The number of carbonyl (C=O) groups excluding carboxylic acids is 2. The van der Waals surface area contributed by atoms with E-state index in [4.69, 9.17) is 10.2 Å². The number of nitrogens with one attached hydrogen (secondary N) is 1. The number of hydrogen-bond donors (Lipinski definition) is 3. The number of ketones is 2. The number of carboxylic acid groups (broad SMARTS) is 2. The summed E-state index contributed by atoms with van der Waals surface area (Å²) in [7, 11) is 0. The summed E-state index contributed by atoms with van der Waals surface area (Å²) in [5.41, 5.74) is 2.75. The highest BCUT2D eigenvalue weighted by Crippen LogP contribution is 2.27. The minimum atomic E-state index is -1.14. The molecule has 3 aromatic carbocycles. The van der Waals surface area contributed by atoms with Crippen LogP contribution in [0.25, 0.3) is 12.2 Å². The van der Waals surface area contributed by atoms with Crippen LogP contribution in [0.4, 0.5) is 0 Å². The molecule has 0 aromatic heterocycles. The molecule has 0 radical (unpaired) electrons. The number of allylic oxidation sites excluding steroid dienone is 3. The zero-order valence-corrected chi connectivity index (χ0v) is 20.7. The second kappa shape index (κ2) is 12.8. The van der Waals surface area contributed by atoms with E-state index in [1.807, 2.05) is 30.3 Å². The van der Waals surface area contributed by atoms with Crippen molar-refractivity contribution in [3.05, 3.63) is 131 Å². The monoisotopic (exact) mass is 509 g/mol. The number of carboxylic acids is 2. The van der Waals surface area contributed by atoms with Crippen LogP contribution in [0.3, 0.4) is 0 Å². The van der Waals surface area contributed by atoms with Crippen LogP contribution in [-0.4, -0.2) is 33.7 Å². The molecule has 3 aromatic rings. The van der Waals surface area contributed by atoms with E-state index in [0.717, 1.165) is 5.56 Å². The summed E-state index contributed by atoms with van der Waals surface area (Å²) in [5.74, 6) is -4.15. The van der Waals surface area contributed by atoms with Gasteiger partial charge in [0.2, 0.25) is 0 Å². The summed E-state index contributed by atoms with van der Waals surface area (Å²) >= 11 is 0. The van der Waals surface area contributed by atoms with Gasteiger partial charge < -0.3 is 15.5 Å².